The van der Waals surface area contributed by atoms with Gasteiger partial charge in [-0.2, -0.15) is 0 Å². The van der Waals surface area contributed by atoms with Crippen molar-refractivity contribution in [1.82, 2.24) is 9.55 Å². The average Bonchev–Trinajstić information content (AvgIpc) is 2.99. The van der Waals surface area contributed by atoms with Crippen LogP contribution in [-0.2, 0) is 11.8 Å². The number of anilines is 2. The van der Waals surface area contributed by atoms with E-state index in [2.05, 4.69) is 29.0 Å². The maximum atomic E-state index is 8.06. The first-order valence-electron chi connectivity index (χ1n) is 7.32. The Hall–Kier alpha value is -1.56. The molecule has 1 aromatic rings. The summed E-state index contributed by atoms with van der Waals surface area (Å²) in [6.07, 6.45) is 5.41. The predicted octanol–water partition coefficient (Wildman–Crippen LogP) is 1.64. The van der Waals surface area contributed by atoms with Crippen LogP contribution >= 0.6 is 0 Å². The highest BCUT2D eigenvalue weighted by molar-refractivity contribution is 5.69. The highest BCUT2D eigenvalue weighted by atomic mass is 16.5. The number of aromatic nitrogens is 2. The number of hydrogen-bond acceptors (Lipinski definition) is 5. The number of nitrogens with zero attached hydrogens (tertiary/aromatic N) is 3. The second kappa shape index (κ2) is 5.09. The maximum absolute atomic E-state index is 8.06. The third-order valence-corrected chi connectivity index (χ3v) is 4.03. The summed E-state index contributed by atoms with van der Waals surface area (Å²) < 4.78 is 7.88. The van der Waals surface area contributed by atoms with Crippen molar-refractivity contribution in [3.63, 3.8) is 0 Å². The minimum atomic E-state index is 0.0899. The first-order valence-corrected chi connectivity index (χ1v) is 7.32. The van der Waals surface area contributed by atoms with Crippen LogP contribution in [0.15, 0.2) is 6.33 Å². The minimum Gasteiger partial charge on any atom is -0.362 e. The summed E-state index contributed by atoms with van der Waals surface area (Å²) in [5.74, 6) is 1.52. The molecule has 110 valence electrons. The summed E-state index contributed by atoms with van der Waals surface area (Å²) in [5, 5.41) is 11.3. The van der Waals surface area contributed by atoms with Crippen LogP contribution in [-0.4, -0.2) is 28.6 Å². The summed E-state index contributed by atoms with van der Waals surface area (Å²) in [6, 6.07) is 0. The first-order chi connectivity index (χ1) is 9.56. The Morgan fingerprint density at radius 3 is 3.05 bits per heavy atom. The standard InChI is InChI=1S/C14H23N5O/c1-9(2)6-10-4-5-11(20-10)19-8-16-12-13(15)18(3)7-17-14(12)19/h7,9-11,15-16H,4-6,8H2,1-3H3/t10-,11?/m0/s1. The van der Waals surface area contributed by atoms with Gasteiger partial charge in [0.15, 0.2) is 11.3 Å². The smallest absolute Gasteiger partial charge is 0.161 e. The highest BCUT2D eigenvalue weighted by Gasteiger charge is 2.35. The van der Waals surface area contributed by atoms with Crippen molar-refractivity contribution in [3.05, 3.63) is 11.8 Å². The van der Waals surface area contributed by atoms with E-state index >= 15 is 0 Å². The van der Waals surface area contributed by atoms with Crippen LogP contribution in [0.2, 0.25) is 0 Å². The van der Waals surface area contributed by atoms with Gasteiger partial charge in [-0.05, 0) is 25.2 Å². The van der Waals surface area contributed by atoms with Crippen LogP contribution in [0.25, 0.3) is 0 Å². The van der Waals surface area contributed by atoms with Crippen molar-refractivity contribution in [2.75, 3.05) is 16.9 Å². The first kappa shape index (κ1) is 13.4. The van der Waals surface area contributed by atoms with E-state index in [0.717, 1.165) is 30.8 Å². The molecule has 2 N–H and O–H groups in total. The number of aryl methyl sites for hydroxylation is 1. The predicted molar refractivity (Wildman–Crippen MR) is 77.4 cm³/mol. The monoisotopic (exact) mass is 277 g/mol. The Bertz CT molecular complexity index is 553. The second-order valence-corrected chi connectivity index (χ2v) is 6.13. The fraction of sp³-hybridized carbons (Fsp3) is 0.714. The molecule has 0 radical (unpaired) electrons. The van der Waals surface area contributed by atoms with E-state index in [4.69, 9.17) is 10.1 Å². The summed E-state index contributed by atoms with van der Waals surface area (Å²) >= 11 is 0. The molecule has 6 heteroatoms. The zero-order chi connectivity index (χ0) is 14.3. The molecule has 1 aromatic heterocycles. The topological polar surface area (TPSA) is 66.2 Å². The van der Waals surface area contributed by atoms with Crippen molar-refractivity contribution in [2.24, 2.45) is 13.0 Å². The fourth-order valence-electron chi connectivity index (χ4n) is 3.02. The molecule has 0 spiro atoms. The zero-order valence-corrected chi connectivity index (χ0v) is 12.4. The maximum Gasteiger partial charge on any atom is 0.161 e. The number of ether oxygens (including phenoxy) is 1. The molecule has 3 rings (SSSR count). The molecule has 20 heavy (non-hydrogen) atoms. The van der Waals surface area contributed by atoms with Crippen molar-refractivity contribution in [1.29, 1.82) is 5.41 Å². The molecule has 1 fully saturated rings. The third-order valence-electron chi connectivity index (χ3n) is 4.03. The molecule has 1 saturated heterocycles. The van der Waals surface area contributed by atoms with E-state index < -0.39 is 0 Å². The van der Waals surface area contributed by atoms with E-state index in [0.29, 0.717) is 24.2 Å². The van der Waals surface area contributed by atoms with Crippen LogP contribution in [0.3, 0.4) is 0 Å². The Kier molecular flexibility index (Phi) is 3.41. The van der Waals surface area contributed by atoms with Gasteiger partial charge in [-0.15, -0.1) is 0 Å². The van der Waals surface area contributed by atoms with E-state index in [9.17, 15) is 0 Å². The molecule has 0 saturated carbocycles. The quantitative estimate of drug-likeness (QED) is 0.881. The molecule has 3 heterocycles. The normalized spacial score (nSPS) is 25.1. The Morgan fingerprint density at radius 1 is 1.50 bits per heavy atom. The SMILES string of the molecule is CC(C)C[C@@H]1CCC(N2CNc3c2ncn(C)c3=N)O1. The Labute approximate surface area is 119 Å². The van der Waals surface area contributed by atoms with Gasteiger partial charge in [0.05, 0.1) is 19.1 Å². The van der Waals surface area contributed by atoms with Gasteiger partial charge in [-0.3, -0.25) is 5.41 Å². The molecule has 2 aliphatic rings. The molecule has 0 aliphatic carbocycles. The average molecular weight is 277 g/mol. The molecule has 2 aliphatic heterocycles. The largest absolute Gasteiger partial charge is 0.362 e. The van der Waals surface area contributed by atoms with E-state index in [-0.39, 0.29) is 6.23 Å². The van der Waals surface area contributed by atoms with Crippen molar-refractivity contribution >= 4 is 11.5 Å². The summed E-state index contributed by atoms with van der Waals surface area (Å²) in [7, 11) is 1.84. The van der Waals surface area contributed by atoms with Crippen molar-refractivity contribution in [2.45, 2.75) is 45.4 Å². The van der Waals surface area contributed by atoms with Gasteiger partial charge < -0.3 is 19.5 Å². The van der Waals surface area contributed by atoms with Crippen LogP contribution in [0.5, 0.6) is 0 Å². The summed E-state index contributed by atoms with van der Waals surface area (Å²) in [4.78, 5) is 6.60. The molecule has 1 unspecified atom stereocenters. The van der Waals surface area contributed by atoms with E-state index in [1.54, 1.807) is 10.9 Å². The molecule has 2 atom stereocenters. The zero-order valence-electron chi connectivity index (χ0n) is 12.4. The molecule has 6 nitrogen and oxygen atoms in total. The van der Waals surface area contributed by atoms with E-state index in [1.807, 2.05) is 7.05 Å². The van der Waals surface area contributed by atoms with Crippen LogP contribution in [0.1, 0.15) is 33.1 Å². The van der Waals surface area contributed by atoms with Gasteiger partial charge in [0.1, 0.15) is 11.9 Å². The molecular weight excluding hydrogens is 254 g/mol. The van der Waals surface area contributed by atoms with E-state index in [1.165, 1.54) is 0 Å². The lowest BCUT2D eigenvalue weighted by Crippen LogP contribution is -2.35. The summed E-state index contributed by atoms with van der Waals surface area (Å²) in [5.41, 5.74) is 1.28. The van der Waals surface area contributed by atoms with Crippen molar-refractivity contribution in [3.8, 4) is 0 Å². The number of nitrogens with one attached hydrogen (secondary N) is 2. The van der Waals surface area contributed by atoms with Gasteiger partial charge in [0.25, 0.3) is 0 Å². The number of hydrogen-bond donors (Lipinski definition) is 2. The Balaban J connectivity index is 1.76. The second-order valence-electron chi connectivity index (χ2n) is 6.13. The Morgan fingerprint density at radius 2 is 2.30 bits per heavy atom. The van der Waals surface area contributed by atoms with Gasteiger partial charge in [0.2, 0.25) is 0 Å². The van der Waals surface area contributed by atoms with Gasteiger partial charge in [0, 0.05) is 7.05 Å². The lowest BCUT2D eigenvalue weighted by atomic mass is 10.0. The lowest BCUT2D eigenvalue weighted by molar-refractivity contribution is 0.0332. The summed E-state index contributed by atoms with van der Waals surface area (Å²) in [6.45, 7) is 5.14. The van der Waals surface area contributed by atoms with Gasteiger partial charge >= 0.3 is 0 Å². The molecule has 0 aromatic carbocycles. The number of rotatable bonds is 3. The van der Waals surface area contributed by atoms with Crippen molar-refractivity contribution < 1.29 is 4.74 Å². The third kappa shape index (κ3) is 2.28. The highest BCUT2D eigenvalue weighted by Crippen LogP contribution is 2.33. The van der Waals surface area contributed by atoms with Gasteiger partial charge in [-0.25, -0.2) is 4.98 Å². The number of fused-ring (bicyclic) bond motifs is 1. The molecule has 0 amide bonds. The van der Waals surface area contributed by atoms with Crippen LogP contribution in [0, 0.1) is 11.3 Å². The molecule has 0 bridgehead atoms. The lowest BCUT2D eigenvalue weighted by Gasteiger charge is -2.25. The van der Waals surface area contributed by atoms with Crippen LogP contribution < -0.4 is 15.7 Å². The molecular formula is C14H23N5O. The minimum absolute atomic E-state index is 0.0899. The van der Waals surface area contributed by atoms with Crippen LogP contribution in [0.4, 0.5) is 11.5 Å². The fourth-order valence-corrected chi connectivity index (χ4v) is 3.02. The van der Waals surface area contributed by atoms with Gasteiger partial charge in [-0.1, -0.05) is 13.8 Å².